The van der Waals surface area contributed by atoms with Gasteiger partial charge in [-0.25, -0.2) is 4.98 Å². The molecule has 1 aromatic carbocycles. The smallest absolute Gasteiger partial charge is 0.387 e. The summed E-state index contributed by atoms with van der Waals surface area (Å²) < 4.78 is 31.3. The van der Waals surface area contributed by atoms with Crippen LogP contribution in [0.1, 0.15) is 35.1 Å². The van der Waals surface area contributed by atoms with E-state index in [0.29, 0.717) is 5.13 Å². The summed E-state index contributed by atoms with van der Waals surface area (Å²) in [5, 5.41) is 5.05. The number of rotatable bonds is 7. The number of aromatic nitrogens is 2. The Kier molecular flexibility index (Phi) is 6.08. The maximum atomic E-state index is 12.4. The molecule has 0 fully saturated rings. The van der Waals surface area contributed by atoms with Gasteiger partial charge in [0.2, 0.25) is 0 Å². The summed E-state index contributed by atoms with van der Waals surface area (Å²) in [5.41, 5.74) is 4.36. The van der Waals surface area contributed by atoms with Gasteiger partial charge < -0.3 is 9.30 Å². The molecule has 1 N–H and O–H groups in total. The van der Waals surface area contributed by atoms with E-state index in [1.54, 1.807) is 0 Å². The molecule has 0 aliphatic carbocycles. The summed E-state index contributed by atoms with van der Waals surface area (Å²) in [7, 11) is 0. The lowest BCUT2D eigenvalue weighted by Crippen LogP contribution is -2.12. The van der Waals surface area contributed by atoms with Crippen LogP contribution in [-0.4, -0.2) is 22.1 Å². The number of carbonyl (C=O) groups is 1. The van der Waals surface area contributed by atoms with E-state index in [1.165, 1.54) is 41.3 Å². The predicted octanol–water partition coefficient (Wildman–Crippen LogP) is 5.49. The summed E-state index contributed by atoms with van der Waals surface area (Å²) in [4.78, 5) is 16.9. The number of thiazole rings is 1. The number of carbonyl (C=O) groups excluding carboxylic acids is 1. The minimum atomic E-state index is -2.94. The zero-order chi connectivity index (χ0) is 20.3. The van der Waals surface area contributed by atoms with Crippen LogP contribution >= 0.6 is 11.3 Å². The van der Waals surface area contributed by atoms with E-state index in [1.807, 2.05) is 5.38 Å². The van der Waals surface area contributed by atoms with Crippen molar-refractivity contribution in [2.75, 3.05) is 5.32 Å². The Bertz CT molecular complexity index is 982. The molecule has 0 bridgehead atoms. The quantitative estimate of drug-likeness (QED) is 0.565. The molecule has 2 aromatic heterocycles. The molecule has 0 atom stereocenters. The fourth-order valence-electron chi connectivity index (χ4n) is 3.07. The van der Waals surface area contributed by atoms with E-state index in [4.69, 9.17) is 0 Å². The molecular formula is C20H21F2N3O2S. The van der Waals surface area contributed by atoms with Gasteiger partial charge in [-0.15, -0.1) is 11.3 Å². The number of nitrogens with zero attached hydrogens (tertiary/aromatic N) is 2. The maximum absolute atomic E-state index is 12.4. The van der Waals surface area contributed by atoms with Crippen LogP contribution < -0.4 is 10.1 Å². The van der Waals surface area contributed by atoms with Crippen molar-refractivity contribution < 1.29 is 18.3 Å². The minimum absolute atomic E-state index is 0.0640. The first-order valence-electron chi connectivity index (χ1n) is 8.88. The second kappa shape index (κ2) is 8.52. The van der Waals surface area contributed by atoms with E-state index in [2.05, 4.69) is 46.4 Å². The Morgan fingerprint density at radius 3 is 2.82 bits per heavy atom. The topological polar surface area (TPSA) is 56.2 Å². The average molecular weight is 405 g/mol. The van der Waals surface area contributed by atoms with Crippen LogP contribution in [0.2, 0.25) is 0 Å². The monoisotopic (exact) mass is 405 g/mol. The number of nitrogens with one attached hydrogen (secondary N) is 1. The first-order valence-corrected chi connectivity index (χ1v) is 9.76. The molecule has 3 rings (SSSR count). The number of anilines is 1. The van der Waals surface area contributed by atoms with Gasteiger partial charge in [0.15, 0.2) is 5.13 Å². The fraction of sp³-hybridized carbons (Fsp3) is 0.300. The number of alkyl halides is 2. The van der Waals surface area contributed by atoms with E-state index in [0.717, 1.165) is 29.9 Å². The molecule has 0 unspecified atom stereocenters. The molecule has 1 amide bonds. The third-order valence-corrected chi connectivity index (χ3v) is 5.10. The first kappa shape index (κ1) is 20.0. The van der Waals surface area contributed by atoms with Gasteiger partial charge in [-0.1, -0.05) is 13.0 Å². The van der Waals surface area contributed by atoms with Gasteiger partial charge in [0.25, 0.3) is 5.91 Å². The van der Waals surface area contributed by atoms with Gasteiger partial charge in [-0.05, 0) is 44.5 Å². The number of halogens is 2. The highest BCUT2D eigenvalue weighted by Gasteiger charge is 2.15. The third kappa shape index (κ3) is 4.39. The first-order chi connectivity index (χ1) is 13.4. The van der Waals surface area contributed by atoms with Crippen molar-refractivity contribution in [3.8, 4) is 17.0 Å². The third-order valence-electron chi connectivity index (χ3n) is 4.34. The molecule has 0 radical (unpaired) electrons. The SMILES string of the molecule is CCCn1c(C)cc(-c2csc(NC(=O)c3cccc(OC(F)F)c3)n2)c1C. The molecule has 0 saturated carbocycles. The largest absolute Gasteiger partial charge is 0.435 e. The second-order valence-electron chi connectivity index (χ2n) is 6.33. The van der Waals surface area contributed by atoms with Crippen LogP contribution in [0.3, 0.4) is 0 Å². The van der Waals surface area contributed by atoms with Crippen LogP contribution in [0.5, 0.6) is 5.75 Å². The minimum Gasteiger partial charge on any atom is -0.435 e. The highest BCUT2D eigenvalue weighted by atomic mass is 32.1. The Labute approximate surface area is 166 Å². The molecule has 28 heavy (non-hydrogen) atoms. The number of benzene rings is 1. The van der Waals surface area contributed by atoms with Gasteiger partial charge >= 0.3 is 6.61 Å². The van der Waals surface area contributed by atoms with Crippen molar-refractivity contribution in [3.05, 3.63) is 52.7 Å². The molecule has 0 aliphatic rings. The summed E-state index contributed by atoms with van der Waals surface area (Å²) in [5.74, 6) is -0.497. The Balaban J connectivity index is 1.76. The molecule has 5 nitrogen and oxygen atoms in total. The standard InChI is InChI=1S/C20H21F2N3O2S/c1-4-8-25-12(2)9-16(13(25)3)17-11-28-20(23-17)24-18(26)14-6-5-7-15(10-14)27-19(21)22/h5-7,9-11,19H,4,8H2,1-3H3,(H,23,24,26). The van der Waals surface area contributed by atoms with Crippen molar-refractivity contribution in [1.29, 1.82) is 0 Å². The number of ether oxygens (including phenoxy) is 1. The van der Waals surface area contributed by atoms with E-state index in [-0.39, 0.29) is 11.3 Å². The zero-order valence-electron chi connectivity index (χ0n) is 15.8. The van der Waals surface area contributed by atoms with Crippen LogP contribution in [-0.2, 0) is 6.54 Å². The molecular weight excluding hydrogens is 384 g/mol. The molecule has 0 aliphatic heterocycles. The van der Waals surface area contributed by atoms with Gasteiger partial charge in [-0.3, -0.25) is 10.1 Å². The number of hydrogen-bond acceptors (Lipinski definition) is 4. The highest BCUT2D eigenvalue weighted by molar-refractivity contribution is 7.14. The number of amides is 1. The van der Waals surface area contributed by atoms with Crippen molar-refractivity contribution in [2.45, 2.75) is 40.3 Å². The Morgan fingerprint density at radius 2 is 2.11 bits per heavy atom. The normalized spacial score (nSPS) is 11.1. The van der Waals surface area contributed by atoms with Crippen LogP contribution in [0.4, 0.5) is 13.9 Å². The van der Waals surface area contributed by atoms with Crippen LogP contribution in [0.15, 0.2) is 35.7 Å². The second-order valence-corrected chi connectivity index (χ2v) is 7.19. The van der Waals surface area contributed by atoms with Crippen molar-refractivity contribution in [1.82, 2.24) is 9.55 Å². The molecule has 0 saturated heterocycles. The molecule has 8 heteroatoms. The van der Waals surface area contributed by atoms with Gasteiger partial charge in [0.1, 0.15) is 5.75 Å². The predicted molar refractivity (Wildman–Crippen MR) is 106 cm³/mol. The van der Waals surface area contributed by atoms with E-state index >= 15 is 0 Å². The van der Waals surface area contributed by atoms with Crippen molar-refractivity contribution in [3.63, 3.8) is 0 Å². The zero-order valence-corrected chi connectivity index (χ0v) is 16.6. The molecule has 3 aromatic rings. The maximum Gasteiger partial charge on any atom is 0.387 e. The van der Waals surface area contributed by atoms with Crippen molar-refractivity contribution in [2.24, 2.45) is 0 Å². The lowest BCUT2D eigenvalue weighted by atomic mass is 10.2. The molecule has 0 spiro atoms. The van der Waals surface area contributed by atoms with Crippen molar-refractivity contribution >= 4 is 22.4 Å². The summed E-state index contributed by atoms with van der Waals surface area (Å²) >= 11 is 1.32. The fourth-order valence-corrected chi connectivity index (χ4v) is 3.77. The summed E-state index contributed by atoms with van der Waals surface area (Å²) in [6.45, 7) is 4.27. The van der Waals surface area contributed by atoms with Gasteiger partial charge in [0, 0.05) is 34.4 Å². The van der Waals surface area contributed by atoms with E-state index in [9.17, 15) is 13.6 Å². The van der Waals surface area contributed by atoms with Gasteiger partial charge in [-0.2, -0.15) is 8.78 Å². The van der Waals surface area contributed by atoms with Crippen LogP contribution in [0, 0.1) is 13.8 Å². The average Bonchev–Trinajstić information content (AvgIpc) is 3.21. The van der Waals surface area contributed by atoms with Gasteiger partial charge in [0.05, 0.1) is 5.69 Å². The Hall–Kier alpha value is -2.74. The van der Waals surface area contributed by atoms with Crippen LogP contribution in [0.25, 0.3) is 11.3 Å². The summed E-state index contributed by atoms with van der Waals surface area (Å²) in [6, 6.07) is 7.75. The highest BCUT2D eigenvalue weighted by Crippen LogP contribution is 2.30. The molecule has 2 heterocycles. The summed E-state index contributed by atoms with van der Waals surface area (Å²) in [6.07, 6.45) is 1.04. The van der Waals surface area contributed by atoms with E-state index < -0.39 is 12.5 Å². The lowest BCUT2D eigenvalue weighted by Gasteiger charge is -2.07. The number of aryl methyl sites for hydroxylation is 1. The Morgan fingerprint density at radius 1 is 1.32 bits per heavy atom. The number of hydrogen-bond donors (Lipinski definition) is 1. The lowest BCUT2D eigenvalue weighted by molar-refractivity contribution is -0.0498. The molecule has 148 valence electrons.